The summed E-state index contributed by atoms with van der Waals surface area (Å²) in [7, 11) is 0. The van der Waals surface area contributed by atoms with Gasteiger partial charge in [0.15, 0.2) is 0 Å². The summed E-state index contributed by atoms with van der Waals surface area (Å²) in [6.45, 7) is 9.51. The highest BCUT2D eigenvalue weighted by molar-refractivity contribution is 5.72. The number of piperidine rings is 1. The van der Waals surface area contributed by atoms with Crippen molar-refractivity contribution >= 4 is 5.91 Å². The van der Waals surface area contributed by atoms with Gasteiger partial charge >= 0.3 is 0 Å². The number of carbonyl (C=O) groups is 1. The van der Waals surface area contributed by atoms with Gasteiger partial charge in [-0.05, 0) is 44.3 Å². The average Bonchev–Trinajstić information content (AvgIpc) is 2.73. The Morgan fingerprint density at radius 3 is 2.59 bits per heavy atom. The first kappa shape index (κ1) is 12.8. The van der Waals surface area contributed by atoms with E-state index in [1.165, 1.54) is 25.9 Å². The Labute approximate surface area is 104 Å². The summed E-state index contributed by atoms with van der Waals surface area (Å²) in [6, 6.07) is 0.733. The molecule has 2 saturated heterocycles. The monoisotopic (exact) mass is 239 g/mol. The summed E-state index contributed by atoms with van der Waals surface area (Å²) in [5.74, 6) is 1.56. The van der Waals surface area contributed by atoms with Crippen LogP contribution in [0.5, 0.6) is 0 Å². The number of likely N-dealkylation sites (tertiary alicyclic amines) is 1. The molecule has 0 radical (unpaired) electrons. The maximum absolute atomic E-state index is 10.9. The van der Waals surface area contributed by atoms with Crippen molar-refractivity contribution in [1.82, 2.24) is 15.5 Å². The van der Waals surface area contributed by atoms with Gasteiger partial charge in [0.25, 0.3) is 0 Å². The molecule has 2 N–H and O–H groups in total. The van der Waals surface area contributed by atoms with E-state index < -0.39 is 0 Å². The lowest BCUT2D eigenvalue weighted by molar-refractivity contribution is -0.119. The molecule has 2 heterocycles. The van der Waals surface area contributed by atoms with E-state index in [0.29, 0.717) is 5.92 Å². The second-order valence-electron chi connectivity index (χ2n) is 5.62. The molecule has 0 bridgehead atoms. The van der Waals surface area contributed by atoms with Gasteiger partial charge in [-0.15, -0.1) is 0 Å². The second-order valence-corrected chi connectivity index (χ2v) is 5.62. The normalized spacial score (nSPS) is 31.6. The molecule has 98 valence electrons. The lowest BCUT2D eigenvalue weighted by Crippen LogP contribution is -2.46. The van der Waals surface area contributed by atoms with Crippen molar-refractivity contribution in [2.75, 3.05) is 32.7 Å². The van der Waals surface area contributed by atoms with Gasteiger partial charge in [-0.2, -0.15) is 0 Å². The first-order valence-electron chi connectivity index (χ1n) is 6.86. The number of hydrogen-bond acceptors (Lipinski definition) is 3. The molecule has 2 aliphatic rings. The molecule has 17 heavy (non-hydrogen) atoms. The number of hydrogen-bond donors (Lipinski definition) is 2. The molecule has 0 aromatic rings. The van der Waals surface area contributed by atoms with Crippen molar-refractivity contribution in [2.45, 2.75) is 32.7 Å². The molecule has 0 aromatic carbocycles. The van der Waals surface area contributed by atoms with Crippen LogP contribution in [-0.4, -0.2) is 49.6 Å². The largest absolute Gasteiger partial charge is 0.356 e. The van der Waals surface area contributed by atoms with Crippen molar-refractivity contribution < 1.29 is 4.79 Å². The molecular formula is C13H25N3O. The molecule has 2 fully saturated rings. The summed E-state index contributed by atoms with van der Waals surface area (Å²) in [4.78, 5) is 13.5. The summed E-state index contributed by atoms with van der Waals surface area (Å²) >= 11 is 0. The van der Waals surface area contributed by atoms with E-state index in [2.05, 4.69) is 22.5 Å². The topological polar surface area (TPSA) is 44.4 Å². The molecule has 2 unspecified atom stereocenters. The van der Waals surface area contributed by atoms with Crippen LogP contribution in [0.1, 0.15) is 26.7 Å². The standard InChI is InChI=1S/C13H25N3O/c1-10-7-14-9-13(10)16-5-3-12(4-6-16)8-15-11(2)17/h10,12-14H,3-9H2,1-2H3,(H,15,17). The maximum Gasteiger partial charge on any atom is 0.216 e. The van der Waals surface area contributed by atoms with E-state index in [1.54, 1.807) is 6.92 Å². The Kier molecular flexibility index (Phi) is 4.40. The molecule has 0 spiro atoms. The van der Waals surface area contributed by atoms with Crippen LogP contribution in [0.2, 0.25) is 0 Å². The van der Waals surface area contributed by atoms with Gasteiger partial charge in [0.2, 0.25) is 5.91 Å². The Morgan fingerprint density at radius 2 is 2.06 bits per heavy atom. The zero-order chi connectivity index (χ0) is 12.3. The number of amides is 1. The van der Waals surface area contributed by atoms with Crippen LogP contribution >= 0.6 is 0 Å². The zero-order valence-corrected chi connectivity index (χ0v) is 11.0. The first-order chi connectivity index (χ1) is 8.16. The third kappa shape index (κ3) is 3.42. The van der Waals surface area contributed by atoms with E-state index in [0.717, 1.165) is 31.6 Å². The highest BCUT2D eigenvalue weighted by Crippen LogP contribution is 2.23. The molecule has 2 aliphatic heterocycles. The molecule has 4 nitrogen and oxygen atoms in total. The lowest BCUT2D eigenvalue weighted by Gasteiger charge is -2.37. The van der Waals surface area contributed by atoms with Crippen molar-refractivity contribution in [3.8, 4) is 0 Å². The fraction of sp³-hybridized carbons (Fsp3) is 0.923. The van der Waals surface area contributed by atoms with Gasteiger partial charge in [0.1, 0.15) is 0 Å². The van der Waals surface area contributed by atoms with Crippen LogP contribution in [0.15, 0.2) is 0 Å². The Balaban J connectivity index is 1.72. The maximum atomic E-state index is 10.9. The van der Waals surface area contributed by atoms with Crippen LogP contribution in [0.3, 0.4) is 0 Å². The van der Waals surface area contributed by atoms with Gasteiger partial charge in [-0.25, -0.2) is 0 Å². The summed E-state index contributed by atoms with van der Waals surface area (Å²) in [5, 5.41) is 6.41. The lowest BCUT2D eigenvalue weighted by atomic mass is 9.94. The highest BCUT2D eigenvalue weighted by atomic mass is 16.1. The third-order valence-electron chi connectivity index (χ3n) is 4.23. The molecule has 0 aliphatic carbocycles. The van der Waals surface area contributed by atoms with E-state index in [-0.39, 0.29) is 5.91 Å². The van der Waals surface area contributed by atoms with E-state index in [4.69, 9.17) is 0 Å². The first-order valence-corrected chi connectivity index (χ1v) is 6.86. The minimum Gasteiger partial charge on any atom is -0.356 e. The number of nitrogens with zero attached hydrogens (tertiary/aromatic N) is 1. The summed E-state index contributed by atoms with van der Waals surface area (Å²) < 4.78 is 0. The highest BCUT2D eigenvalue weighted by Gasteiger charge is 2.31. The van der Waals surface area contributed by atoms with Crippen LogP contribution in [-0.2, 0) is 4.79 Å². The minimum absolute atomic E-state index is 0.0982. The third-order valence-corrected chi connectivity index (χ3v) is 4.23. The molecule has 1 amide bonds. The zero-order valence-electron chi connectivity index (χ0n) is 11.0. The van der Waals surface area contributed by atoms with Crippen molar-refractivity contribution in [3.63, 3.8) is 0 Å². The SMILES string of the molecule is CC(=O)NCC1CCN(C2CNCC2C)CC1. The Morgan fingerprint density at radius 1 is 1.35 bits per heavy atom. The Bertz CT molecular complexity index is 261. The smallest absolute Gasteiger partial charge is 0.216 e. The van der Waals surface area contributed by atoms with Crippen LogP contribution in [0, 0.1) is 11.8 Å². The fourth-order valence-electron chi connectivity index (χ4n) is 3.06. The second kappa shape index (κ2) is 5.83. The molecule has 0 saturated carbocycles. The van der Waals surface area contributed by atoms with Crippen LogP contribution in [0.25, 0.3) is 0 Å². The Hall–Kier alpha value is -0.610. The predicted octanol–water partition coefficient (Wildman–Crippen LogP) is 0.442. The van der Waals surface area contributed by atoms with Crippen molar-refractivity contribution in [1.29, 1.82) is 0 Å². The summed E-state index contributed by atoms with van der Waals surface area (Å²) in [6.07, 6.45) is 2.45. The molecular weight excluding hydrogens is 214 g/mol. The van der Waals surface area contributed by atoms with Crippen LogP contribution in [0.4, 0.5) is 0 Å². The van der Waals surface area contributed by atoms with Gasteiger partial charge < -0.3 is 10.6 Å². The number of carbonyl (C=O) groups excluding carboxylic acids is 1. The van der Waals surface area contributed by atoms with Crippen LogP contribution < -0.4 is 10.6 Å². The van der Waals surface area contributed by atoms with E-state index in [1.807, 2.05) is 0 Å². The molecule has 2 rings (SSSR count). The van der Waals surface area contributed by atoms with Gasteiger partial charge in [-0.1, -0.05) is 6.92 Å². The van der Waals surface area contributed by atoms with Gasteiger partial charge in [-0.3, -0.25) is 9.69 Å². The molecule has 4 heteroatoms. The quantitative estimate of drug-likeness (QED) is 0.751. The van der Waals surface area contributed by atoms with E-state index in [9.17, 15) is 4.79 Å². The van der Waals surface area contributed by atoms with Gasteiger partial charge in [0.05, 0.1) is 0 Å². The predicted molar refractivity (Wildman–Crippen MR) is 68.8 cm³/mol. The van der Waals surface area contributed by atoms with Crippen molar-refractivity contribution in [2.24, 2.45) is 11.8 Å². The summed E-state index contributed by atoms with van der Waals surface area (Å²) in [5.41, 5.74) is 0. The molecule has 0 aromatic heterocycles. The number of rotatable bonds is 3. The number of nitrogens with one attached hydrogen (secondary N) is 2. The van der Waals surface area contributed by atoms with Crippen molar-refractivity contribution in [3.05, 3.63) is 0 Å². The van der Waals surface area contributed by atoms with Gasteiger partial charge in [0, 0.05) is 26.1 Å². The average molecular weight is 239 g/mol. The minimum atomic E-state index is 0.0982. The fourth-order valence-corrected chi connectivity index (χ4v) is 3.06. The molecule has 2 atom stereocenters. The van der Waals surface area contributed by atoms with E-state index >= 15 is 0 Å².